The molecule has 2 aromatic rings. The molecule has 0 N–H and O–H groups in total. The highest BCUT2D eigenvalue weighted by Gasteiger charge is 2.32. The summed E-state index contributed by atoms with van der Waals surface area (Å²) in [5, 5.41) is 0. The van der Waals surface area contributed by atoms with E-state index in [9.17, 15) is 9.18 Å². The highest BCUT2D eigenvalue weighted by atomic mass is 19.1. The standard InChI is InChI=1S/C23H29FO5/c1-15(28-14-16-7-10-18(26-5)11-8-16)21(29-22(25)23(2,3)4)19-12-9-17(24)13-20(19)27-6/h7-13,15,21H,14H2,1-6H3/t15-,21-/m0/s1. The van der Waals surface area contributed by atoms with Gasteiger partial charge in [0.15, 0.2) is 6.10 Å². The fourth-order valence-electron chi connectivity index (χ4n) is 2.66. The van der Waals surface area contributed by atoms with Crippen LogP contribution in [0.15, 0.2) is 42.5 Å². The summed E-state index contributed by atoms with van der Waals surface area (Å²) >= 11 is 0. The molecule has 5 nitrogen and oxygen atoms in total. The molecule has 0 aliphatic rings. The van der Waals surface area contributed by atoms with Crippen molar-refractivity contribution in [1.82, 2.24) is 0 Å². The van der Waals surface area contributed by atoms with E-state index in [1.807, 2.05) is 31.2 Å². The van der Waals surface area contributed by atoms with E-state index in [-0.39, 0.29) is 5.97 Å². The summed E-state index contributed by atoms with van der Waals surface area (Å²) in [5.41, 5.74) is 0.805. The number of rotatable bonds is 8. The molecule has 0 radical (unpaired) electrons. The summed E-state index contributed by atoms with van der Waals surface area (Å²) in [7, 11) is 3.06. The van der Waals surface area contributed by atoms with Gasteiger partial charge in [0.05, 0.1) is 32.3 Å². The molecule has 0 spiro atoms. The van der Waals surface area contributed by atoms with Gasteiger partial charge in [-0.15, -0.1) is 0 Å². The van der Waals surface area contributed by atoms with Crippen molar-refractivity contribution >= 4 is 5.97 Å². The predicted molar refractivity (Wildman–Crippen MR) is 108 cm³/mol. The number of benzene rings is 2. The van der Waals surface area contributed by atoms with Crippen LogP contribution in [0.25, 0.3) is 0 Å². The number of esters is 1. The fourth-order valence-corrected chi connectivity index (χ4v) is 2.66. The lowest BCUT2D eigenvalue weighted by Crippen LogP contribution is -2.30. The Hall–Kier alpha value is -2.60. The molecule has 0 bridgehead atoms. The first-order valence-corrected chi connectivity index (χ1v) is 9.44. The molecular formula is C23H29FO5. The highest BCUT2D eigenvalue weighted by molar-refractivity contribution is 5.75. The van der Waals surface area contributed by atoms with Crippen LogP contribution < -0.4 is 9.47 Å². The minimum absolute atomic E-state index is 0.302. The number of hydrogen-bond donors (Lipinski definition) is 0. The molecule has 0 amide bonds. The smallest absolute Gasteiger partial charge is 0.311 e. The van der Waals surface area contributed by atoms with Gasteiger partial charge in [-0.25, -0.2) is 4.39 Å². The number of carbonyl (C=O) groups is 1. The third kappa shape index (κ3) is 6.19. The van der Waals surface area contributed by atoms with Crippen LogP contribution in [-0.2, 0) is 20.9 Å². The molecule has 0 heterocycles. The first kappa shape index (κ1) is 22.7. The zero-order valence-electron chi connectivity index (χ0n) is 17.8. The van der Waals surface area contributed by atoms with Gasteiger partial charge in [-0.3, -0.25) is 4.79 Å². The number of halogens is 1. The zero-order valence-corrected chi connectivity index (χ0v) is 17.8. The second-order valence-corrected chi connectivity index (χ2v) is 7.83. The van der Waals surface area contributed by atoms with E-state index < -0.39 is 23.4 Å². The lowest BCUT2D eigenvalue weighted by atomic mass is 9.96. The monoisotopic (exact) mass is 404 g/mol. The van der Waals surface area contributed by atoms with E-state index >= 15 is 0 Å². The Morgan fingerprint density at radius 1 is 1.03 bits per heavy atom. The van der Waals surface area contributed by atoms with Crippen molar-refractivity contribution in [1.29, 1.82) is 0 Å². The van der Waals surface area contributed by atoms with Gasteiger partial charge in [-0.1, -0.05) is 12.1 Å². The van der Waals surface area contributed by atoms with Crippen LogP contribution in [0.2, 0.25) is 0 Å². The predicted octanol–water partition coefficient (Wildman–Crippen LogP) is 5.08. The molecule has 0 saturated carbocycles. The van der Waals surface area contributed by atoms with Crippen LogP contribution in [0.1, 0.15) is 44.9 Å². The van der Waals surface area contributed by atoms with Gasteiger partial charge < -0.3 is 18.9 Å². The third-order valence-corrected chi connectivity index (χ3v) is 4.45. The summed E-state index contributed by atoms with van der Waals surface area (Å²) in [6, 6.07) is 11.6. The molecule has 2 atom stereocenters. The minimum Gasteiger partial charge on any atom is -0.497 e. The maximum Gasteiger partial charge on any atom is 0.311 e. The van der Waals surface area contributed by atoms with Gasteiger partial charge in [0.1, 0.15) is 17.3 Å². The Kier molecular flexibility index (Phi) is 7.62. The Morgan fingerprint density at radius 3 is 2.24 bits per heavy atom. The molecule has 0 aliphatic heterocycles. The Bertz CT molecular complexity index is 811. The van der Waals surface area contributed by atoms with Crippen LogP contribution in [-0.4, -0.2) is 26.3 Å². The molecule has 158 valence electrons. The van der Waals surface area contributed by atoms with Crippen molar-refractivity contribution in [2.24, 2.45) is 5.41 Å². The summed E-state index contributed by atoms with van der Waals surface area (Å²) < 4.78 is 35.9. The topological polar surface area (TPSA) is 54.0 Å². The second-order valence-electron chi connectivity index (χ2n) is 7.83. The van der Waals surface area contributed by atoms with Crippen molar-refractivity contribution in [2.75, 3.05) is 14.2 Å². The van der Waals surface area contributed by atoms with Crippen molar-refractivity contribution in [3.63, 3.8) is 0 Å². The van der Waals surface area contributed by atoms with Gasteiger partial charge in [0.2, 0.25) is 0 Å². The van der Waals surface area contributed by atoms with Crippen LogP contribution >= 0.6 is 0 Å². The highest BCUT2D eigenvalue weighted by Crippen LogP contribution is 2.34. The van der Waals surface area contributed by atoms with Crippen LogP contribution in [0.4, 0.5) is 4.39 Å². The maximum atomic E-state index is 13.7. The average Bonchev–Trinajstić information content (AvgIpc) is 2.69. The normalized spacial score (nSPS) is 13.5. The molecule has 2 rings (SSSR count). The van der Waals surface area contributed by atoms with Gasteiger partial charge in [0, 0.05) is 11.6 Å². The molecule has 29 heavy (non-hydrogen) atoms. The lowest BCUT2D eigenvalue weighted by Gasteiger charge is -2.29. The number of methoxy groups -OCH3 is 2. The average molecular weight is 404 g/mol. The Morgan fingerprint density at radius 2 is 1.69 bits per heavy atom. The molecule has 0 aromatic heterocycles. The van der Waals surface area contributed by atoms with E-state index in [2.05, 4.69) is 0 Å². The third-order valence-electron chi connectivity index (χ3n) is 4.45. The van der Waals surface area contributed by atoms with Gasteiger partial charge in [-0.2, -0.15) is 0 Å². The second kappa shape index (κ2) is 9.74. The quantitative estimate of drug-likeness (QED) is 0.575. The number of carbonyl (C=O) groups excluding carboxylic acids is 1. The molecule has 0 unspecified atom stereocenters. The molecule has 2 aromatic carbocycles. The van der Waals surface area contributed by atoms with Crippen molar-refractivity contribution in [2.45, 2.75) is 46.5 Å². The van der Waals surface area contributed by atoms with Crippen LogP contribution in [0, 0.1) is 11.2 Å². The SMILES string of the molecule is COc1ccc(CO[C@@H](C)[C@H](OC(=O)C(C)(C)C)c2ccc(F)cc2OC)cc1. The van der Waals surface area contributed by atoms with Gasteiger partial charge >= 0.3 is 5.97 Å². The minimum atomic E-state index is -0.754. The van der Waals surface area contributed by atoms with E-state index in [0.29, 0.717) is 17.9 Å². The number of hydrogen-bond acceptors (Lipinski definition) is 5. The fraction of sp³-hybridized carbons (Fsp3) is 0.435. The first-order chi connectivity index (χ1) is 13.7. The largest absolute Gasteiger partial charge is 0.497 e. The van der Waals surface area contributed by atoms with Crippen LogP contribution in [0.5, 0.6) is 11.5 Å². The number of ether oxygens (including phenoxy) is 4. The van der Waals surface area contributed by atoms with Crippen molar-refractivity contribution in [3.05, 3.63) is 59.4 Å². The molecular weight excluding hydrogens is 375 g/mol. The zero-order chi connectivity index (χ0) is 21.6. The van der Waals surface area contributed by atoms with Crippen LogP contribution in [0.3, 0.4) is 0 Å². The Balaban J connectivity index is 2.24. The Labute approximate surface area is 171 Å². The van der Waals surface area contributed by atoms with Gasteiger partial charge in [0.25, 0.3) is 0 Å². The molecule has 0 aliphatic carbocycles. The van der Waals surface area contributed by atoms with Crippen molar-refractivity contribution in [3.8, 4) is 11.5 Å². The summed E-state index contributed by atoms with van der Waals surface area (Å²) in [4.78, 5) is 12.6. The summed E-state index contributed by atoms with van der Waals surface area (Å²) in [6.07, 6.45) is -1.25. The maximum absolute atomic E-state index is 13.7. The van der Waals surface area contributed by atoms with E-state index in [0.717, 1.165) is 11.3 Å². The first-order valence-electron chi connectivity index (χ1n) is 9.44. The van der Waals surface area contributed by atoms with E-state index in [1.54, 1.807) is 33.9 Å². The lowest BCUT2D eigenvalue weighted by molar-refractivity contribution is -0.167. The van der Waals surface area contributed by atoms with Gasteiger partial charge in [-0.05, 0) is 57.5 Å². The summed E-state index contributed by atoms with van der Waals surface area (Å²) in [5.74, 6) is 0.249. The molecule has 0 fully saturated rings. The molecule has 0 saturated heterocycles. The molecule has 6 heteroatoms. The van der Waals surface area contributed by atoms with Crippen molar-refractivity contribution < 1.29 is 28.1 Å². The van der Waals surface area contributed by atoms with E-state index in [1.165, 1.54) is 19.2 Å². The summed E-state index contributed by atoms with van der Waals surface area (Å²) in [6.45, 7) is 7.46. The van der Waals surface area contributed by atoms with E-state index in [4.69, 9.17) is 18.9 Å².